The third-order valence-electron chi connectivity index (χ3n) is 1.79. The number of hydrogen-bond acceptors (Lipinski definition) is 1. The summed E-state index contributed by atoms with van der Waals surface area (Å²) in [5.74, 6) is 0. The molecule has 0 atom stereocenters. The lowest BCUT2D eigenvalue weighted by molar-refractivity contribution is 0.838. The Morgan fingerprint density at radius 3 is 3.09 bits per heavy atom. The van der Waals surface area contributed by atoms with Gasteiger partial charge >= 0.3 is 0 Å². The molecule has 0 fully saturated rings. The minimum atomic E-state index is 1.10. The summed E-state index contributed by atoms with van der Waals surface area (Å²) in [5.41, 5.74) is 1.28. The Hall–Kier alpha value is -1.31. The minimum Gasteiger partial charge on any atom is -0.245 e. The third kappa shape index (κ3) is 1.24. The fraction of sp³-hybridized carbons (Fsp3) is 0.222. The van der Waals surface area contributed by atoms with Crippen LogP contribution in [0.2, 0.25) is 0 Å². The molecular formula is C9H10N2. The van der Waals surface area contributed by atoms with Crippen LogP contribution in [0.25, 0.3) is 5.70 Å². The van der Waals surface area contributed by atoms with Crippen molar-refractivity contribution in [2.75, 3.05) is 0 Å². The van der Waals surface area contributed by atoms with E-state index in [1.165, 1.54) is 5.70 Å². The zero-order chi connectivity index (χ0) is 7.52. The summed E-state index contributed by atoms with van der Waals surface area (Å²) < 4.78 is 1.92. The van der Waals surface area contributed by atoms with Crippen LogP contribution in [0.15, 0.2) is 36.7 Å². The fourth-order valence-corrected chi connectivity index (χ4v) is 1.22. The van der Waals surface area contributed by atoms with Crippen LogP contribution in [0.4, 0.5) is 0 Å². The van der Waals surface area contributed by atoms with E-state index in [4.69, 9.17) is 0 Å². The highest BCUT2D eigenvalue weighted by Gasteiger charge is 2.00. The van der Waals surface area contributed by atoms with Crippen LogP contribution in [-0.4, -0.2) is 9.78 Å². The second-order valence-corrected chi connectivity index (χ2v) is 2.58. The van der Waals surface area contributed by atoms with E-state index in [1.807, 2.05) is 16.9 Å². The second kappa shape index (κ2) is 2.74. The Kier molecular flexibility index (Phi) is 1.60. The van der Waals surface area contributed by atoms with Gasteiger partial charge in [0.2, 0.25) is 0 Å². The minimum absolute atomic E-state index is 1.10. The van der Waals surface area contributed by atoms with Gasteiger partial charge in [0.25, 0.3) is 0 Å². The van der Waals surface area contributed by atoms with E-state index in [0.717, 1.165) is 12.8 Å². The highest BCUT2D eigenvalue weighted by atomic mass is 15.3. The molecule has 0 spiro atoms. The highest BCUT2D eigenvalue weighted by Crippen LogP contribution is 2.15. The zero-order valence-electron chi connectivity index (χ0n) is 6.27. The van der Waals surface area contributed by atoms with Gasteiger partial charge < -0.3 is 0 Å². The van der Waals surface area contributed by atoms with Crippen molar-refractivity contribution in [1.29, 1.82) is 0 Å². The molecule has 0 saturated carbocycles. The molecule has 1 aliphatic rings. The molecule has 1 aromatic rings. The summed E-state index contributed by atoms with van der Waals surface area (Å²) >= 11 is 0. The summed E-state index contributed by atoms with van der Waals surface area (Å²) in [6.07, 6.45) is 12.4. The van der Waals surface area contributed by atoms with Gasteiger partial charge in [-0.05, 0) is 25.0 Å². The predicted molar refractivity (Wildman–Crippen MR) is 44.9 cm³/mol. The number of rotatable bonds is 1. The van der Waals surface area contributed by atoms with Crippen LogP contribution in [0.3, 0.4) is 0 Å². The second-order valence-electron chi connectivity index (χ2n) is 2.58. The maximum atomic E-state index is 4.15. The summed E-state index contributed by atoms with van der Waals surface area (Å²) in [6.45, 7) is 0. The topological polar surface area (TPSA) is 17.8 Å². The molecule has 0 saturated heterocycles. The average Bonchev–Trinajstić information content (AvgIpc) is 2.58. The van der Waals surface area contributed by atoms with Crippen LogP contribution in [0.5, 0.6) is 0 Å². The molecule has 1 aromatic heterocycles. The van der Waals surface area contributed by atoms with E-state index in [2.05, 4.69) is 23.3 Å². The number of nitrogens with zero attached hydrogens (tertiary/aromatic N) is 2. The van der Waals surface area contributed by atoms with Crippen LogP contribution in [0.1, 0.15) is 12.8 Å². The molecule has 0 radical (unpaired) electrons. The quantitative estimate of drug-likeness (QED) is 0.593. The van der Waals surface area contributed by atoms with Gasteiger partial charge in [0.1, 0.15) is 0 Å². The molecule has 0 N–H and O–H groups in total. The van der Waals surface area contributed by atoms with Crippen LogP contribution in [-0.2, 0) is 0 Å². The summed E-state index contributed by atoms with van der Waals surface area (Å²) in [6, 6.07) is 1.94. The molecule has 2 heteroatoms. The van der Waals surface area contributed by atoms with Crippen molar-refractivity contribution in [2.24, 2.45) is 0 Å². The standard InChI is InChI=1S/C9H10N2/c1-2-5-9(6-3-1)11-8-4-7-10-11/h1-2,4-5,7-8H,3,6H2. The lowest BCUT2D eigenvalue weighted by atomic mass is 10.1. The third-order valence-corrected chi connectivity index (χ3v) is 1.79. The average molecular weight is 146 g/mol. The summed E-state index contributed by atoms with van der Waals surface area (Å²) in [5, 5.41) is 4.15. The molecule has 2 rings (SSSR count). The molecular weight excluding hydrogens is 136 g/mol. The Morgan fingerprint density at radius 1 is 1.45 bits per heavy atom. The lowest BCUT2D eigenvalue weighted by Crippen LogP contribution is -1.98. The monoisotopic (exact) mass is 146 g/mol. The number of aromatic nitrogens is 2. The molecule has 0 aromatic carbocycles. The van der Waals surface area contributed by atoms with Crippen LogP contribution < -0.4 is 0 Å². The Bertz CT molecular complexity index is 281. The van der Waals surface area contributed by atoms with Crippen molar-refractivity contribution in [3.05, 3.63) is 36.7 Å². The van der Waals surface area contributed by atoms with Crippen molar-refractivity contribution in [3.63, 3.8) is 0 Å². The van der Waals surface area contributed by atoms with Crippen molar-refractivity contribution in [1.82, 2.24) is 9.78 Å². The zero-order valence-corrected chi connectivity index (χ0v) is 6.27. The molecule has 0 bridgehead atoms. The largest absolute Gasteiger partial charge is 0.245 e. The van der Waals surface area contributed by atoms with Gasteiger partial charge in [-0.15, -0.1) is 0 Å². The van der Waals surface area contributed by atoms with Crippen molar-refractivity contribution in [2.45, 2.75) is 12.8 Å². The van der Waals surface area contributed by atoms with E-state index in [9.17, 15) is 0 Å². The van der Waals surface area contributed by atoms with Gasteiger partial charge in [-0.2, -0.15) is 5.10 Å². The SMILES string of the molecule is C1=CCCC(n2cccn2)=C1. The van der Waals surface area contributed by atoms with E-state index in [1.54, 1.807) is 6.20 Å². The normalized spacial score (nSPS) is 16.5. The molecule has 2 nitrogen and oxygen atoms in total. The molecule has 11 heavy (non-hydrogen) atoms. The first-order valence-corrected chi connectivity index (χ1v) is 3.82. The van der Waals surface area contributed by atoms with Crippen molar-refractivity contribution >= 4 is 5.70 Å². The predicted octanol–water partition coefficient (Wildman–Crippen LogP) is 2.07. The molecule has 56 valence electrons. The molecule has 0 aliphatic heterocycles. The van der Waals surface area contributed by atoms with Crippen molar-refractivity contribution < 1.29 is 0 Å². The maximum Gasteiger partial charge on any atom is 0.0493 e. The summed E-state index contributed by atoms with van der Waals surface area (Å²) in [7, 11) is 0. The van der Waals surface area contributed by atoms with E-state index in [0.29, 0.717) is 0 Å². The first-order valence-electron chi connectivity index (χ1n) is 3.82. The first kappa shape index (κ1) is 6.40. The van der Waals surface area contributed by atoms with Gasteiger partial charge in [0, 0.05) is 18.1 Å². The van der Waals surface area contributed by atoms with Gasteiger partial charge in [0.15, 0.2) is 0 Å². The van der Waals surface area contributed by atoms with Gasteiger partial charge in [-0.1, -0.05) is 12.2 Å². The number of allylic oxidation sites excluding steroid dienone is 4. The number of hydrogen-bond donors (Lipinski definition) is 0. The van der Waals surface area contributed by atoms with Crippen LogP contribution in [0, 0.1) is 0 Å². The molecule has 1 heterocycles. The highest BCUT2D eigenvalue weighted by molar-refractivity contribution is 5.48. The Labute approximate surface area is 65.8 Å². The Morgan fingerprint density at radius 2 is 2.45 bits per heavy atom. The summed E-state index contributed by atoms with van der Waals surface area (Å²) in [4.78, 5) is 0. The molecule has 0 unspecified atom stereocenters. The Balaban J connectivity index is 2.29. The van der Waals surface area contributed by atoms with Gasteiger partial charge in [0.05, 0.1) is 0 Å². The first-order chi connectivity index (χ1) is 5.47. The van der Waals surface area contributed by atoms with E-state index in [-0.39, 0.29) is 0 Å². The smallest absolute Gasteiger partial charge is 0.0493 e. The van der Waals surface area contributed by atoms with Crippen molar-refractivity contribution in [3.8, 4) is 0 Å². The maximum absolute atomic E-state index is 4.15. The van der Waals surface area contributed by atoms with Crippen LogP contribution >= 0.6 is 0 Å². The molecule has 1 aliphatic carbocycles. The van der Waals surface area contributed by atoms with Gasteiger partial charge in [-0.3, -0.25) is 0 Å². The van der Waals surface area contributed by atoms with E-state index < -0.39 is 0 Å². The lowest BCUT2D eigenvalue weighted by Gasteiger charge is -2.07. The van der Waals surface area contributed by atoms with Gasteiger partial charge in [-0.25, -0.2) is 4.68 Å². The van der Waals surface area contributed by atoms with E-state index >= 15 is 0 Å². The molecule has 0 amide bonds. The fourth-order valence-electron chi connectivity index (χ4n) is 1.22.